The van der Waals surface area contributed by atoms with E-state index in [2.05, 4.69) is 47.6 Å². The van der Waals surface area contributed by atoms with E-state index in [-0.39, 0.29) is 0 Å². The minimum Gasteiger partial charge on any atom is -0.289 e. The molecule has 0 N–H and O–H groups in total. The second-order valence-corrected chi connectivity index (χ2v) is 6.65. The van der Waals surface area contributed by atoms with Crippen LogP contribution in [-0.4, -0.2) is 11.2 Å². The van der Waals surface area contributed by atoms with Crippen molar-refractivity contribution in [1.82, 2.24) is 0 Å². The molecule has 1 rings (SSSR count). The van der Waals surface area contributed by atoms with Crippen LogP contribution in [-0.2, 0) is 0 Å². The smallest absolute Gasteiger partial charge is 0.181 e. The first-order valence-electron chi connectivity index (χ1n) is 6.26. The average molecular weight is 250 g/mol. The lowest BCUT2D eigenvalue weighted by Gasteiger charge is -2.16. The van der Waals surface area contributed by atoms with Crippen molar-refractivity contribution in [1.29, 1.82) is 0 Å². The van der Waals surface area contributed by atoms with Gasteiger partial charge in [0, 0.05) is 5.56 Å². The largest absolute Gasteiger partial charge is 0.289 e. The summed E-state index contributed by atoms with van der Waals surface area (Å²) in [6.45, 7) is 12.6. The van der Waals surface area contributed by atoms with Crippen molar-refractivity contribution < 1.29 is 4.79 Å². The van der Waals surface area contributed by atoms with Crippen molar-refractivity contribution in [3.8, 4) is 0 Å². The van der Waals surface area contributed by atoms with Gasteiger partial charge in [-0.05, 0) is 70.6 Å². The number of carbonyl (C=O) groups excluding carboxylic acids is 1. The Bertz CT molecular complexity index is 409. The van der Waals surface area contributed by atoms with Crippen molar-refractivity contribution in [3.05, 3.63) is 33.9 Å². The van der Waals surface area contributed by atoms with Gasteiger partial charge in [0.15, 0.2) is 5.52 Å². The van der Waals surface area contributed by atoms with E-state index in [1.807, 2.05) is 0 Å². The van der Waals surface area contributed by atoms with E-state index in [9.17, 15) is 4.79 Å². The van der Waals surface area contributed by atoms with Gasteiger partial charge in [-0.25, -0.2) is 0 Å². The van der Waals surface area contributed by atoms with Crippen molar-refractivity contribution >= 4 is 14.1 Å². The van der Waals surface area contributed by atoms with E-state index < -0.39 is 0 Å². The minimum absolute atomic E-state index is 0.334. The highest BCUT2D eigenvalue weighted by molar-refractivity contribution is 7.59. The van der Waals surface area contributed by atoms with Gasteiger partial charge in [-0.2, -0.15) is 0 Å². The van der Waals surface area contributed by atoms with Crippen molar-refractivity contribution in [3.63, 3.8) is 0 Å². The van der Waals surface area contributed by atoms with E-state index in [4.69, 9.17) is 0 Å². The van der Waals surface area contributed by atoms with Gasteiger partial charge in [0.1, 0.15) is 0 Å². The maximum absolute atomic E-state index is 12.4. The molecule has 0 aliphatic rings. The summed E-state index contributed by atoms with van der Waals surface area (Å²) in [6.07, 6.45) is 1.08. The van der Waals surface area contributed by atoms with E-state index in [0.29, 0.717) is 19.8 Å². The quantitative estimate of drug-likeness (QED) is 0.717. The van der Waals surface area contributed by atoms with E-state index in [1.54, 1.807) is 0 Å². The lowest BCUT2D eigenvalue weighted by atomic mass is 9.95. The number of rotatable bonds is 4. The Hall–Kier alpha value is -0.680. The Kier molecular flexibility index (Phi) is 4.89. The van der Waals surface area contributed by atoms with Crippen LogP contribution in [0.2, 0.25) is 0 Å². The fourth-order valence-corrected chi connectivity index (χ4v) is 3.13. The summed E-state index contributed by atoms with van der Waals surface area (Å²) in [6, 6.07) is 2.17. The molecule has 0 fully saturated rings. The Morgan fingerprint density at radius 3 is 2.06 bits per heavy atom. The van der Waals surface area contributed by atoms with Crippen LogP contribution in [0.1, 0.15) is 52.9 Å². The van der Waals surface area contributed by atoms with Gasteiger partial charge in [0.25, 0.3) is 0 Å². The SMILES string of the molecule is CCC(C)PC(=O)c1c(C)c(C)cc(C)c1C. The lowest BCUT2D eigenvalue weighted by molar-refractivity contribution is 0.108. The Balaban J connectivity index is 3.17. The molecule has 1 nitrogen and oxygen atoms in total. The summed E-state index contributed by atoms with van der Waals surface area (Å²) in [5.74, 6) is 0. The molecule has 1 aromatic carbocycles. The highest BCUT2D eigenvalue weighted by atomic mass is 31.1. The van der Waals surface area contributed by atoms with Gasteiger partial charge in [-0.15, -0.1) is 0 Å². The fraction of sp³-hybridized carbons (Fsp3) is 0.533. The van der Waals surface area contributed by atoms with Crippen molar-refractivity contribution in [2.24, 2.45) is 0 Å². The van der Waals surface area contributed by atoms with Crippen molar-refractivity contribution in [2.45, 2.75) is 53.6 Å². The highest BCUT2D eigenvalue weighted by Gasteiger charge is 2.17. The summed E-state index contributed by atoms with van der Waals surface area (Å²) in [4.78, 5) is 12.4. The summed E-state index contributed by atoms with van der Waals surface area (Å²) >= 11 is 0. The summed E-state index contributed by atoms with van der Waals surface area (Å²) in [5.41, 5.74) is 6.59. The third-order valence-corrected chi connectivity index (χ3v) is 5.00. The molecule has 0 saturated heterocycles. The molecule has 0 saturated carbocycles. The predicted molar refractivity (Wildman–Crippen MR) is 77.8 cm³/mol. The number of hydrogen-bond donors (Lipinski definition) is 0. The zero-order valence-corrected chi connectivity index (χ0v) is 12.8. The first kappa shape index (κ1) is 14.4. The molecule has 0 aromatic heterocycles. The summed E-state index contributed by atoms with van der Waals surface area (Å²) in [5, 5.41) is 0. The maximum atomic E-state index is 12.4. The second-order valence-electron chi connectivity index (χ2n) is 4.92. The van der Waals surface area contributed by atoms with Crippen LogP contribution in [0, 0.1) is 27.7 Å². The van der Waals surface area contributed by atoms with Crippen LogP contribution < -0.4 is 0 Å². The number of benzene rings is 1. The van der Waals surface area contributed by atoms with Crippen LogP contribution in [0.4, 0.5) is 0 Å². The van der Waals surface area contributed by atoms with Gasteiger partial charge in [0.2, 0.25) is 0 Å². The summed E-state index contributed by atoms with van der Waals surface area (Å²) < 4.78 is 0. The van der Waals surface area contributed by atoms with E-state index in [0.717, 1.165) is 23.1 Å². The first-order chi connectivity index (χ1) is 7.88. The van der Waals surface area contributed by atoms with Gasteiger partial charge >= 0.3 is 0 Å². The number of aryl methyl sites for hydroxylation is 2. The van der Waals surface area contributed by atoms with Crippen LogP contribution in [0.5, 0.6) is 0 Å². The maximum Gasteiger partial charge on any atom is 0.181 e. The van der Waals surface area contributed by atoms with Crippen LogP contribution in [0.25, 0.3) is 0 Å². The Labute approximate surface area is 107 Å². The molecule has 0 bridgehead atoms. The van der Waals surface area contributed by atoms with Crippen LogP contribution in [0.15, 0.2) is 6.07 Å². The molecule has 0 spiro atoms. The zero-order valence-electron chi connectivity index (χ0n) is 11.8. The molecule has 0 heterocycles. The van der Waals surface area contributed by atoms with Crippen LogP contribution >= 0.6 is 8.58 Å². The molecule has 0 amide bonds. The number of carbonyl (C=O) groups is 1. The summed E-state index contributed by atoms with van der Waals surface area (Å²) in [7, 11) is 0.404. The minimum atomic E-state index is 0.334. The Morgan fingerprint density at radius 1 is 1.18 bits per heavy atom. The highest BCUT2D eigenvalue weighted by Crippen LogP contribution is 2.31. The van der Waals surface area contributed by atoms with Gasteiger partial charge < -0.3 is 0 Å². The first-order valence-corrected chi connectivity index (χ1v) is 7.34. The Morgan fingerprint density at radius 2 is 1.65 bits per heavy atom. The molecule has 0 radical (unpaired) electrons. The molecule has 2 atom stereocenters. The normalized spacial score (nSPS) is 13.3. The van der Waals surface area contributed by atoms with Crippen molar-refractivity contribution in [2.75, 3.05) is 0 Å². The molecular formula is C15H23OP. The molecular weight excluding hydrogens is 227 g/mol. The van der Waals surface area contributed by atoms with E-state index >= 15 is 0 Å². The molecule has 2 unspecified atom stereocenters. The molecule has 94 valence electrons. The van der Waals surface area contributed by atoms with E-state index in [1.165, 1.54) is 11.1 Å². The van der Waals surface area contributed by atoms with Gasteiger partial charge in [-0.1, -0.05) is 19.9 Å². The third-order valence-electron chi connectivity index (χ3n) is 3.58. The predicted octanol–water partition coefficient (Wildman–Crippen LogP) is 4.54. The second kappa shape index (κ2) is 5.78. The standard InChI is InChI=1S/C15H23OP/c1-7-11(4)17-15(16)14-12(5)9(2)8-10(3)13(14)6/h8,11,17H,7H2,1-6H3. The number of hydrogen-bond acceptors (Lipinski definition) is 1. The lowest BCUT2D eigenvalue weighted by Crippen LogP contribution is -2.06. The molecule has 2 heteroatoms. The van der Waals surface area contributed by atoms with Crippen LogP contribution in [0.3, 0.4) is 0 Å². The third kappa shape index (κ3) is 3.16. The molecule has 0 aliphatic heterocycles. The van der Waals surface area contributed by atoms with Gasteiger partial charge in [0.05, 0.1) is 0 Å². The topological polar surface area (TPSA) is 17.1 Å². The zero-order chi connectivity index (χ0) is 13.2. The molecule has 0 aliphatic carbocycles. The molecule has 1 aromatic rings. The monoisotopic (exact) mass is 250 g/mol. The molecule has 17 heavy (non-hydrogen) atoms. The van der Waals surface area contributed by atoms with Gasteiger partial charge in [-0.3, -0.25) is 4.79 Å². The average Bonchev–Trinajstić information content (AvgIpc) is 2.26. The fourth-order valence-electron chi connectivity index (χ4n) is 1.96.